The molecule has 2 aromatic rings. The van der Waals surface area contributed by atoms with E-state index in [0.29, 0.717) is 5.69 Å². The highest BCUT2D eigenvalue weighted by molar-refractivity contribution is 7.98. The van der Waals surface area contributed by atoms with Crippen molar-refractivity contribution in [3.05, 3.63) is 53.1 Å². The van der Waals surface area contributed by atoms with E-state index in [-0.39, 0.29) is 21.5 Å². The average Bonchev–Trinajstić information content (AvgIpc) is 2.54. The first kappa shape index (κ1) is 19.8. The molecular weight excluding hydrogens is 380 g/mol. The molecule has 2 N–H and O–H groups in total. The zero-order chi connectivity index (χ0) is 18.6. The summed E-state index contributed by atoms with van der Waals surface area (Å²) in [5.74, 6) is -0.469. The molecule has 0 aliphatic heterocycles. The molecule has 0 heterocycles. The van der Waals surface area contributed by atoms with Crippen LogP contribution in [0.15, 0.2) is 52.3 Å². The molecule has 0 saturated heterocycles. The predicted octanol–water partition coefficient (Wildman–Crippen LogP) is 4.00. The number of thioether (sulfide) groups is 1. The molecule has 0 aromatic heterocycles. The van der Waals surface area contributed by atoms with Gasteiger partial charge in [0.15, 0.2) is 0 Å². The van der Waals surface area contributed by atoms with Crippen molar-refractivity contribution >= 4 is 45.0 Å². The van der Waals surface area contributed by atoms with Crippen molar-refractivity contribution in [3.63, 3.8) is 0 Å². The van der Waals surface area contributed by atoms with E-state index >= 15 is 0 Å². The second-order valence-corrected chi connectivity index (χ2v) is 8.60. The first-order valence-electron chi connectivity index (χ1n) is 7.50. The summed E-state index contributed by atoms with van der Waals surface area (Å²) in [7, 11) is -3.71. The van der Waals surface area contributed by atoms with Crippen LogP contribution >= 0.6 is 23.4 Å². The van der Waals surface area contributed by atoms with Gasteiger partial charge in [0.25, 0.3) is 5.91 Å². The minimum atomic E-state index is -3.71. The van der Waals surface area contributed by atoms with Crippen LogP contribution in [0.1, 0.15) is 24.2 Å². The molecule has 134 valence electrons. The van der Waals surface area contributed by atoms with Gasteiger partial charge in [-0.3, -0.25) is 4.79 Å². The van der Waals surface area contributed by atoms with Crippen molar-refractivity contribution in [1.29, 1.82) is 0 Å². The fourth-order valence-corrected chi connectivity index (χ4v) is 3.99. The summed E-state index contributed by atoms with van der Waals surface area (Å²) in [5.41, 5.74) is 0.703. The van der Waals surface area contributed by atoms with Gasteiger partial charge in [-0.1, -0.05) is 11.6 Å². The third-order valence-electron chi connectivity index (χ3n) is 3.23. The van der Waals surface area contributed by atoms with Crippen LogP contribution in [-0.2, 0) is 10.0 Å². The summed E-state index contributed by atoms with van der Waals surface area (Å²) in [6, 6.07) is 11.1. The topological polar surface area (TPSA) is 75.3 Å². The summed E-state index contributed by atoms with van der Waals surface area (Å²) in [4.78, 5) is 13.5. The lowest BCUT2D eigenvalue weighted by atomic mass is 10.2. The summed E-state index contributed by atoms with van der Waals surface area (Å²) < 4.78 is 27.0. The Kier molecular flexibility index (Phi) is 6.51. The van der Waals surface area contributed by atoms with Crippen molar-refractivity contribution in [2.75, 3.05) is 11.6 Å². The molecule has 8 heteroatoms. The van der Waals surface area contributed by atoms with Crippen LogP contribution in [0.4, 0.5) is 5.69 Å². The first-order chi connectivity index (χ1) is 11.7. The van der Waals surface area contributed by atoms with Crippen molar-refractivity contribution in [2.24, 2.45) is 0 Å². The highest BCUT2D eigenvalue weighted by Gasteiger charge is 2.19. The summed E-state index contributed by atoms with van der Waals surface area (Å²) >= 11 is 7.68. The number of hydrogen-bond donors (Lipinski definition) is 2. The van der Waals surface area contributed by atoms with E-state index in [0.717, 1.165) is 4.90 Å². The van der Waals surface area contributed by atoms with Gasteiger partial charge in [0.2, 0.25) is 10.0 Å². The van der Waals surface area contributed by atoms with Crippen molar-refractivity contribution in [2.45, 2.75) is 29.7 Å². The van der Waals surface area contributed by atoms with E-state index in [2.05, 4.69) is 10.0 Å². The molecule has 0 radical (unpaired) electrons. The van der Waals surface area contributed by atoms with E-state index < -0.39 is 15.9 Å². The fraction of sp³-hybridized carbons (Fsp3) is 0.235. The minimum Gasteiger partial charge on any atom is -0.322 e. The molecular formula is C17H19ClN2O3S2. The van der Waals surface area contributed by atoms with E-state index in [1.165, 1.54) is 18.2 Å². The van der Waals surface area contributed by atoms with Crippen molar-refractivity contribution in [3.8, 4) is 0 Å². The number of halogens is 1. The maximum Gasteiger partial charge on any atom is 0.257 e. The molecule has 0 aliphatic rings. The molecule has 0 bridgehead atoms. The van der Waals surface area contributed by atoms with E-state index in [1.807, 2.05) is 18.4 Å². The first-order valence-corrected chi connectivity index (χ1v) is 10.6. The van der Waals surface area contributed by atoms with Crippen LogP contribution < -0.4 is 10.0 Å². The summed E-state index contributed by atoms with van der Waals surface area (Å²) in [6.45, 7) is 3.44. The number of anilines is 1. The van der Waals surface area contributed by atoms with Crippen LogP contribution in [0.2, 0.25) is 5.02 Å². The maximum absolute atomic E-state index is 12.5. The average molecular weight is 399 g/mol. The van der Waals surface area contributed by atoms with Gasteiger partial charge in [0.1, 0.15) is 0 Å². The number of carbonyl (C=O) groups is 1. The fourth-order valence-electron chi connectivity index (χ4n) is 2.10. The Morgan fingerprint density at radius 2 is 1.76 bits per heavy atom. The Hall–Kier alpha value is -1.54. The van der Waals surface area contributed by atoms with E-state index in [4.69, 9.17) is 11.6 Å². The minimum absolute atomic E-state index is 0.00604. The molecule has 2 aromatic carbocycles. The zero-order valence-corrected chi connectivity index (χ0v) is 16.4. The molecule has 0 aliphatic carbocycles. The van der Waals surface area contributed by atoms with Gasteiger partial charge in [0.05, 0.1) is 15.5 Å². The number of hydrogen-bond acceptors (Lipinski definition) is 4. The maximum atomic E-state index is 12.5. The van der Waals surface area contributed by atoms with E-state index in [9.17, 15) is 13.2 Å². The Morgan fingerprint density at radius 1 is 1.12 bits per heavy atom. The van der Waals surface area contributed by atoms with E-state index in [1.54, 1.807) is 37.7 Å². The third kappa shape index (κ3) is 5.22. The third-order valence-corrected chi connectivity index (χ3v) is 5.96. The Labute approximate surface area is 157 Å². The van der Waals surface area contributed by atoms with Gasteiger partial charge in [0, 0.05) is 16.6 Å². The van der Waals surface area contributed by atoms with Gasteiger partial charge in [-0.2, -0.15) is 0 Å². The smallest absolute Gasteiger partial charge is 0.257 e. The Balaban J connectivity index is 2.28. The van der Waals surface area contributed by atoms with Crippen LogP contribution in [-0.4, -0.2) is 26.6 Å². The van der Waals surface area contributed by atoms with Crippen LogP contribution in [0, 0.1) is 0 Å². The standard InChI is InChI=1S/C17H19ClN2O3S2/c1-11(2)20-25(22,23)14-8-9-16(18)15(10-14)17(21)19-12-4-6-13(24-3)7-5-12/h4-11,20H,1-3H3,(H,19,21). The largest absolute Gasteiger partial charge is 0.322 e. The molecule has 0 atom stereocenters. The number of rotatable bonds is 6. The molecule has 0 spiro atoms. The lowest BCUT2D eigenvalue weighted by Gasteiger charge is -2.12. The molecule has 5 nitrogen and oxygen atoms in total. The summed E-state index contributed by atoms with van der Waals surface area (Å²) in [6.07, 6.45) is 1.96. The summed E-state index contributed by atoms with van der Waals surface area (Å²) in [5, 5.41) is 2.90. The number of sulfonamides is 1. The quantitative estimate of drug-likeness (QED) is 0.721. The Morgan fingerprint density at radius 3 is 2.32 bits per heavy atom. The zero-order valence-electron chi connectivity index (χ0n) is 14.0. The lowest BCUT2D eigenvalue weighted by molar-refractivity contribution is 0.102. The highest BCUT2D eigenvalue weighted by atomic mass is 35.5. The normalized spacial score (nSPS) is 11.6. The monoisotopic (exact) mass is 398 g/mol. The van der Waals surface area contributed by atoms with Crippen LogP contribution in [0.25, 0.3) is 0 Å². The second-order valence-electron chi connectivity index (χ2n) is 5.60. The van der Waals surface area contributed by atoms with Crippen molar-refractivity contribution in [1.82, 2.24) is 4.72 Å². The highest BCUT2D eigenvalue weighted by Crippen LogP contribution is 2.23. The van der Waals surface area contributed by atoms with Gasteiger partial charge >= 0.3 is 0 Å². The second kappa shape index (κ2) is 8.23. The molecule has 1 amide bonds. The van der Waals surface area contributed by atoms with Gasteiger partial charge in [-0.15, -0.1) is 11.8 Å². The van der Waals surface area contributed by atoms with Crippen LogP contribution in [0.5, 0.6) is 0 Å². The molecule has 25 heavy (non-hydrogen) atoms. The van der Waals surface area contributed by atoms with Crippen molar-refractivity contribution < 1.29 is 13.2 Å². The number of carbonyl (C=O) groups excluding carboxylic acids is 1. The number of benzene rings is 2. The van der Waals surface area contributed by atoms with Gasteiger partial charge < -0.3 is 5.32 Å². The predicted molar refractivity (Wildman–Crippen MR) is 103 cm³/mol. The molecule has 0 unspecified atom stereocenters. The Bertz CT molecular complexity index is 866. The van der Waals surface area contributed by atoms with Gasteiger partial charge in [-0.05, 0) is 62.6 Å². The number of amides is 1. The molecule has 0 fully saturated rings. The lowest BCUT2D eigenvalue weighted by Crippen LogP contribution is -2.30. The van der Waals surface area contributed by atoms with Gasteiger partial charge in [-0.25, -0.2) is 13.1 Å². The number of nitrogens with one attached hydrogen (secondary N) is 2. The molecule has 2 rings (SSSR count). The SMILES string of the molecule is CSc1ccc(NC(=O)c2cc(S(=O)(=O)NC(C)C)ccc2Cl)cc1. The van der Waals surface area contributed by atoms with Crippen LogP contribution in [0.3, 0.4) is 0 Å². The molecule has 0 saturated carbocycles.